The minimum Gasteiger partial charge on any atom is -0.480 e. The number of nitrogens with two attached hydrogens (primary N) is 1. The van der Waals surface area contributed by atoms with Gasteiger partial charge in [0.1, 0.15) is 6.54 Å². The van der Waals surface area contributed by atoms with Crippen LogP contribution in [0.4, 0.5) is 11.4 Å². The summed E-state index contributed by atoms with van der Waals surface area (Å²) in [5.74, 6) is -1.17. The molecule has 0 fully saturated rings. The molecule has 0 aromatic heterocycles. The molecule has 0 atom stereocenters. The van der Waals surface area contributed by atoms with Crippen LogP contribution in [0, 0.1) is 0 Å². The normalized spacial score (nSPS) is 9.76. The highest BCUT2D eigenvalue weighted by Crippen LogP contribution is 2.23. The maximum absolute atomic E-state index is 11.4. The second-order valence-electron chi connectivity index (χ2n) is 3.60. The van der Waals surface area contributed by atoms with Crippen LogP contribution in [-0.2, 0) is 4.79 Å². The van der Waals surface area contributed by atoms with Gasteiger partial charge in [-0.1, -0.05) is 0 Å². The van der Waals surface area contributed by atoms with Crippen LogP contribution in [0.1, 0.15) is 10.4 Å². The van der Waals surface area contributed by atoms with E-state index in [-0.39, 0.29) is 12.5 Å². The monoisotopic (exact) mass is 237 g/mol. The molecule has 0 saturated carbocycles. The fourth-order valence-electron chi connectivity index (χ4n) is 1.48. The molecular weight excluding hydrogens is 222 g/mol. The van der Waals surface area contributed by atoms with Gasteiger partial charge in [0, 0.05) is 19.7 Å². The summed E-state index contributed by atoms with van der Waals surface area (Å²) in [4.78, 5) is 23.4. The lowest BCUT2D eigenvalue weighted by Gasteiger charge is -2.19. The Hall–Kier alpha value is -2.24. The molecule has 6 nitrogen and oxygen atoms in total. The number of amides is 1. The molecule has 0 bridgehead atoms. The van der Waals surface area contributed by atoms with Crippen molar-refractivity contribution in [3.63, 3.8) is 0 Å². The van der Waals surface area contributed by atoms with Crippen LogP contribution in [0.2, 0.25) is 0 Å². The van der Waals surface area contributed by atoms with E-state index in [0.29, 0.717) is 16.9 Å². The number of rotatable bonds is 4. The Morgan fingerprint density at radius 2 is 2.12 bits per heavy atom. The Morgan fingerprint density at radius 3 is 2.59 bits per heavy atom. The molecule has 0 aliphatic heterocycles. The lowest BCUT2D eigenvalue weighted by atomic mass is 10.1. The van der Waals surface area contributed by atoms with Gasteiger partial charge in [0.05, 0.1) is 11.4 Å². The molecule has 1 aromatic carbocycles. The van der Waals surface area contributed by atoms with E-state index in [1.54, 1.807) is 19.2 Å². The predicted octanol–water partition coefficient (Wildman–Crippen LogP) is 0.149. The number of benzene rings is 1. The molecule has 6 heteroatoms. The summed E-state index contributed by atoms with van der Waals surface area (Å²) in [6.07, 6.45) is 0. The Morgan fingerprint density at radius 1 is 1.47 bits per heavy atom. The van der Waals surface area contributed by atoms with Crippen molar-refractivity contribution in [1.82, 2.24) is 5.32 Å². The number of carboxylic acid groups (broad SMARTS) is 1. The first-order valence-electron chi connectivity index (χ1n) is 5.00. The van der Waals surface area contributed by atoms with Gasteiger partial charge in [-0.2, -0.15) is 0 Å². The SMILES string of the molecule is CNC(=O)c1ccc(N(C)CC(=O)O)c(N)c1. The zero-order chi connectivity index (χ0) is 13.0. The van der Waals surface area contributed by atoms with Gasteiger partial charge in [-0.05, 0) is 18.2 Å². The Kier molecular flexibility index (Phi) is 3.92. The van der Waals surface area contributed by atoms with Crippen LogP contribution >= 0.6 is 0 Å². The molecule has 1 amide bonds. The average molecular weight is 237 g/mol. The molecule has 1 rings (SSSR count). The van der Waals surface area contributed by atoms with Gasteiger partial charge in [-0.25, -0.2) is 0 Å². The third kappa shape index (κ3) is 3.10. The van der Waals surface area contributed by atoms with E-state index in [0.717, 1.165) is 0 Å². The van der Waals surface area contributed by atoms with E-state index in [9.17, 15) is 9.59 Å². The second-order valence-corrected chi connectivity index (χ2v) is 3.60. The fraction of sp³-hybridized carbons (Fsp3) is 0.273. The molecule has 0 heterocycles. The van der Waals surface area contributed by atoms with Crippen molar-refractivity contribution in [2.24, 2.45) is 0 Å². The smallest absolute Gasteiger partial charge is 0.323 e. The van der Waals surface area contributed by atoms with Crippen LogP contribution in [0.15, 0.2) is 18.2 Å². The first-order chi connectivity index (χ1) is 7.95. The van der Waals surface area contributed by atoms with Crippen LogP contribution in [0.25, 0.3) is 0 Å². The lowest BCUT2D eigenvalue weighted by Crippen LogP contribution is -2.26. The zero-order valence-electron chi connectivity index (χ0n) is 9.73. The number of hydrogen-bond donors (Lipinski definition) is 3. The van der Waals surface area contributed by atoms with Crippen molar-refractivity contribution >= 4 is 23.3 Å². The number of carboxylic acids is 1. The van der Waals surface area contributed by atoms with E-state index in [1.165, 1.54) is 18.0 Å². The van der Waals surface area contributed by atoms with Crippen molar-refractivity contribution in [1.29, 1.82) is 0 Å². The van der Waals surface area contributed by atoms with Crippen molar-refractivity contribution in [2.45, 2.75) is 0 Å². The number of likely N-dealkylation sites (N-methyl/N-ethyl adjacent to an activating group) is 1. The van der Waals surface area contributed by atoms with Crippen LogP contribution in [-0.4, -0.2) is 37.6 Å². The third-order valence-electron chi connectivity index (χ3n) is 2.30. The fourth-order valence-corrected chi connectivity index (χ4v) is 1.48. The van der Waals surface area contributed by atoms with Gasteiger partial charge in [0.2, 0.25) is 0 Å². The highest BCUT2D eigenvalue weighted by atomic mass is 16.4. The van der Waals surface area contributed by atoms with Gasteiger partial charge in [-0.15, -0.1) is 0 Å². The lowest BCUT2D eigenvalue weighted by molar-refractivity contribution is -0.135. The van der Waals surface area contributed by atoms with Gasteiger partial charge < -0.3 is 21.1 Å². The molecule has 92 valence electrons. The molecule has 1 aromatic rings. The van der Waals surface area contributed by atoms with E-state index in [1.807, 2.05) is 0 Å². The summed E-state index contributed by atoms with van der Waals surface area (Å²) in [5.41, 5.74) is 7.17. The summed E-state index contributed by atoms with van der Waals surface area (Å²) in [6, 6.07) is 4.75. The summed E-state index contributed by atoms with van der Waals surface area (Å²) in [6.45, 7) is -0.149. The molecule has 0 spiro atoms. The molecule has 17 heavy (non-hydrogen) atoms. The zero-order valence-corrected chi connectivity index (χ0v) is 9.73. The number of aliphatic carboxylic acids is 1. The first-order valence-corrected chi connectivity index (χ1v) is 5.00. The summed E-state index contributed by atoms with van der Waals surface area (Å²) in [5, 5.41) is 11.2. The Balaban J connectivity index is 2.97. The van der Waals surface area contributed by atoms with E-state index >= 15 is 0 Å². The van der Waals surface area contributed by atoms with Gasteiger partial charge in [0.15, 0.2) is 0 Å². The molecule has 0 aliphatic carbocycles. The minimum absolute atomic E-state index is 0.149. The highest BCUT2D eigenvalue weighted by Gasteiger charge is 2.11. The number of hydrogen-bond acceptors (Lipinski definition) is 4. The number of carbonyl (C=O) groups is 2. The number of carbonyl (C=O) groups excluding carboxylic acids is 1. The summed E-state index contributed by atoms with van der Waals surface area (Å²) in [7, 11) is 3.16. The summed E-state index contributed by atoms with van der Waals surface area (Å²) < 4.78 is 0. The van der Waals surface area contributed by atoms with Crippen molar-refractivity contribution in [3.8, 4) is 0 Å². The maximum Gasteiger partial charge on any atom is 0.323 e. The van der Waals surface area contributed by atoms with E-state index < -0.39 is 5.97 Å². The van der Waals surface area contributed by atoms with Crippen molar-refractivity contribution < 1.29 is 14.7 Å². The predicted molar refractivity (Wildman–Crippen MR) is 65.2 cm³/mol. The highest BCUT2D eigenvalue weighted by molar-refractivity contribution is 5.96. The maximum atomic E-state index is 11.4. The Bertz CT molecular complexity index is 446. The van der Waals surface area contributed by atoms with E-state index in [2.05, 4.69) is 5.32 Å². The van der Waals surface area contributed by atoms with Crippen LogP contribution in [0.3, 0.4) is 0 Å². The molecular formula is C11H15N3O3. The average Bonchev–Trinajstić information content (AvgIpc) is 2.26. The largest absolute Gasteiger partial charge is 0.480 e. The molecule has 4 N–H and O–H groups in total. The molecule has 0 aliphatic rings. The second kappa shape index (κ2) is 5.20. The molecule has 0 unspecified atom stereocenters. The quantitative estimate of drug-likeness (QED) is 0.648. The van der Waals surface area contributed by atoms with Gasteiger partial charge in [-0.3, -0.25) is 9.59 Å². The Labute approximate surface area is 99.0 Å². The van der Waals surface area contributed by atoms with Crippen molar-refractivity contribution in [3.05, 3.63) is 23.8 Å². The minimum atomic E-state index is -0.942. The third-order valence-corrected chi connectivity index (χ3v) is 2.30. The number of nitrogens with one attached hydrogen (secondary N) is 1. The van der Waals surface area contributed by atoms with Crippen LogP contribution in [0.5, 0.6) is 0 Å². The topological polar surface area (TPSA) is 95.7 Å². The summed E-state index contributed by atoms with van der Waals surface area (Å²) >= 11 is 0. The number of nitrogens with zero attached hydrogens (tertiary/aromatic N) is 1. The van der Waals surface area contributed by atoms with Gasteiger partial charge >= 0.3 is 5.97 Å². The van der Waals surface area contributed by atoms with E-state index in [4.69, 9.17) is 10.8 Å². The molecule has 0 saturated heterocycles. The van der Waals surface area contributed by atoms with Crippen molar-refractivity contribution in [2.75, 3.05) is 31.3 Å². The standard InChI is InChI=1S/C11H15N3O3/c1-13-11(17)7-3-4-9(8(12)5-7)14(2)6-10(15)16/h3-5H,6,12H2,1-2H3,(H,13,17)(H,15,16). The number of nitrogen functional groups attached to an aromatic ring is 1. The van der Waals surface area contributed by atoms with Crippen LogP contribution < -0.4 is 16.0 Å². The number of anilines is 2. The first kappa shape index (κ1) is 12.8. The molecule has 0 radical (unpaired) electrons. The van der Waals surface area contributed by atoms with Gasteiger partial charge in [0.25, 0.3) is 5.91 Å².